The molecule has 0 saturated carbocycles. The minimum atomic E-state index is 0.699. The van der Waals surface area contributed by atoms with Gasteiger partial charge in [-0.25, -0.2) is 0 Å². The van der Waals surface area contributed by atoms with Crippen LogP contribution in [0.15, 0.2) is 29.5 Å². The molecule has 1 atom stereocenters. The molecule has 0 radical (unpaired) electrons. The Morgan fingerprint density at radius 1 is 1.55 bits per heavy atom. The summed E-state index contributed by atoms with van der Waals surface area (Å²) in [6.45, 7) is 8.60. The molecule has 0 aromatic carbocycles. The first-order valence-electron chi connectivity index (χ1n) is 4.26. The zero-order chi connectivity index (χ0) is 8.69. The lowest BCUT2D eigenvalue weighted by Gasteiger charge is -2.06. The first-order chi connectivity index (χ1) is 5.22. The third-order valence-corrected chi connectivity index (χ3v) is 2.00. The monoisotopic (exact) mass is 150 g/mol. The van der Waals surface area contributed by atoms with Crippen molar-refractivity contribution in [3.05, 3.63) is 29.5 Å². The molecule has 0 amide bonds. The van der Waals surface area contributed by atoms with Crippen LogP contribution in [0.4, 0.5) is 0 Å². The summed E-state index contributed by atoms with van der Waals surface area (Å²) in [5, 5.41) is 0. The van der Waals surface area contributed by atoms with Crippen LogP contribution in [-0.4, -0.2) is 0 Å². The van der Waals surface area contributed by atoms with Gasteiger partial charge in [-0.05, 0) is 38.3 Å². The molecule has 0 heterocycles. The van der Waals surface area contributed by atoms with E-state index in [-0.39, 0.29) is 0 Å². The van der Waals surface area contributed by atoms with E-state index in [1.54, 1.807) is 0 Å². The summed E-state index contributed by atoms with van der Waals surface area (Å²) in [6, 6.07) is 0. The molecule has 0 aliphatic heterocycles. The topological polar surface area (TPSA) is 0 Å². The van der Waals surface area contributed by atoms with E-state index in [2.05, 4.69) is 32.6 Å². The minimum Gasteiger partial charge on any atom is -0.125 e. The molecule has 11 heavy (non-hydrogen) atoms. The SMILES string of the molecule is CC=C=CC=C(C)C(C)CC. The van der Waals surface area contributed by atoms with Crippen molar-refractivity contribution in [1.29, 1.82) is 0 Å². The van der Waals surface area contributed by atoms with E-state index in [0.717, 1.165) is 0 Å². The molecule has 62 valence electrons. The molecule has 0 aliphatic rings. The van der Waals surface area contributed by atoms with E-state index in [4.69, 9.17) is 0 Å². The fourth-order valence-corrected chi connectivity index (χ4v) is 0.762. The van der Waals surface area contributed by atoms with Gasteiger partial charge < -0.3 is 0 Å². The highest BCUT2D eigenvalue weighted by atomic mass is 14.0. The first kappa shape index (κ1) is 10.3. The third kappa shape index (κ3) is 4.64. The van der Waals surface area contributed by atoms with Crippen LogP contribution in [0, 0.1) is 5.92 Å². The van der Waals surface area contributed by atoms with Crippen molar-refractivity contribution < 1.29 is 0 Å². The molecule has 0 bridgehead atoms. The van der Waals surface area contributed by atoms with E-state index in [0.29, 0.717) is 5.92 Å². The average molecular weight is 150 g/mol. The van der Waals surface area contributed by atoms with E-state index in [1.165, 1.54) is 12.0 Å². The van der Waals surface area contributed by atoms with Crippen LogP contribution in [0.5, 0.6) is 0 Å². The maximum absolute atomic E-state index is 3.03. The van der Waals surface area contributed by atoms with E-state index in [1.807, 2.05) is 19.1 Å². The van der Waals surface area contributed by atoms with Crippen molar-refractivity contribution in [2.24, 2.45) is 5.92 Å². The van der Waals surface area contributed by atoms with E-state index < -0.39 is 0 Å². The maximum Gasteiger partial charge on any atom is -0.0204 e. The van der Waals surface area contributed by atoms with Crippen LogP contribution < -0.4 is 0 Å². The highest BCUT2D eigenvalue weighted by molar-refractivity contribution is 5.11. The zero-order valence-corrected chi connectivity index (χ0v) is 8.02. The van der Waals surface area contributed by atoms with Crippen molar-refractivity contribution in [3.63, 3.8) is 0 Å². The Balaban J connectivity index is 4.10. The van der Waals surface area contributed by atoms with Crippen LogP contribution in [0.2, 0.25) is 0 Å². The summed E-state index contributed by atoms with van der Waals surface area (Å²) in [4.78, 5) is 0. The van der Waals surface area contributed by atoms with Crippen LogP contribution in [0.1, 0.15) is 34.1 Å². The highest BCUT2D eigenvalue weighted by Crippen LogP contribution is 2.12. The maximum atomic E-state index is 3.03. The van der Waals surface area contributed by atoms with Crippen LogP contribution >= 0.6 is 0 Å². The van der Waals surface area contributed by atoms with Crippen molar-refractivity contribution >= 4 is 0 Å². The number of hydrogen-bond donors (Lipinski definition) is 0. The van der Waals surface area contributed by atoms with Gasteiger partial charge in [0, 0.05) is 0 Å². The molecule has 0 rings (SSSR count). The van der Waals surface area contributed by atoms with Gasteiger partial charge in [0.05, 0.1) is 0 Å². The Hall–Kier alpha value is -0.740. The van der Waals surface area contributed by atoms with Gasteiger partial charge in [-0.1, -0.05) is 25.5 Å². The Morgan fingerprint density at radius 2 is 2.18 bits per heavy atom. The predicted octanol–water partition coefficient (Wildman–Crippen LogP) is 3.71. The smallest absolute Gasteiger partial charge is 0.0204 e. The molecular formula is C11H18. The summed E-state index contributed by atoms with van der Waals surface area (Å²) in [7, 11) is 0. The third-order valence-electron chi connectivity index (χ3n) is 2.00. The summed E-state index contributed by atoms with van der Waals surface area (Å²) in [5.41, 5.74) is 4.46. The highest BCUT2D eigenvalue weighted by Gasteiger charge is 1.97. The first-order valence-corrected chi connectivity index (χ1v) is 4.26. The van der Waals surface area contributed by atoms with Crippen LogP contribution in [0.25, 0.3) is 0 Å². The van der Waals surface area contributed by atoms with Gasteiger partial charge in [-0.3, -0.25) is 0 Å². The second-order valence-corrected chi connectivity index (χ2v) is 2.84. The quantitative estimate of drug-likeness (QED) is 0.425. The summed E-state index contributed by atoms with van der Waals surface area (Å²) in [5.74, 6) is 0.699. The average Bonchev–Trinajstić information content (AvgIpc) is 2.03. The lowest BCUT2D eigenvalue weighted by Crippen LogP contribution is -1.92. The Morgan fingerprint density at radius 3 is 2.64 bits per heavy atom. The fourth-order valence-electron chi connectivity index (χ4n) is 0.762. The van der Waals surface area contributed by atoms with E-state index in [9.17, 15) is 0 Å². The molecule has 1 unspecified atom stereocenters. The Kier molecular flexibility index (Phi) is 5.60. The fraction of sp³-hybridized carbons (Fsp3) is 0.545. The van der Waals surface area contributed by atoms with Gasteiger partial charge in [0.25, 0.3) is 0 Å². The number of rotatable bonds is 3. The van der Waals surface area contributed by atoms with Gasteiger partial charge in [-0.2, -0.15) is 0 Å². The minimum absolute atomic E-state index is 0.699. The summed E-state index contributed by atoms with van der Waals surface area (Å²) in [6.07, 6.45) is 7.24. The number of hydrogen-bond acceptors (Lipinski definition) is 0. The Labute approximate surface area is 70.3 Å². The second kappa shape index (κ2) is 6.00. The lowest BCUT2D eigenvalue weighted by molar-refractivity contribution is 0.656. The summed E-state index contributed by atoms with van der Waals surface area (Å²) >= 11 is 0. The van der Waals surface area contributed by atoms with Gasteiger partial charge in [-0.15, -0.1) is 5.73 Å². The normalized spacial score (nSPS) is 13.6. The van der Waals surface area contributed by atoms with Crippen molar-refractivity contribution in [3.8, 4) is 0 Å². The Bertz CT molecular complexity index is 178. The predicted molar refractivity (Wildman–Crippen MR) is 51.5 cm³/mol. The van der Waals surface area contributed by atoms with Crippen molar-refractivity contribution in [1.82, 2.24) is 0 Å². The molecule has 0 spiro atoms. The second-order valence-electron chi connectivity index (χ2n) is 2.84. The molecule has 0 aromatic rings. The molecule has 0 N–H and O–H groups in total. The standard InChI is InChI=1S/C11H18/c1-5-7-8-9-11(4)10(3)6-2/h5,8-10H,6H2,1-4H3. The van der Waals surface area contributed by atoms with Crippen molar-refractivity contribution in [2.45, 2.75) is 34.1 Å². The van der Waals surface area contributed by atoms with Gasteiger partial charge in [0.2, 0.25) is 0 Å². The summed E-state index contributed by atoms with van der Waals surface area (Å²) < 4.78 is 0. The van der Waals surface area contributed by atoms with Crippen LogP contribution in [0.3, 0.4) is 0 Å². The molecule has 0 aliphatic carbocycles. The zero-order valence-electron chi connectivity index (χ0n) is 8.02. The molecule has 0 fully saturated rings. The van der Waals surface area contributed by atoms with Gasteiger partial charge in [0.1, 0.15) is 0 Å². The lowest BCUT2D eigenvalue weighted by atomic mass is 10.00. The van der Waals surface area contributed by atoms with Gasteiger partial charge >= 0.3 is 0 Å². The molecule has 0 saturated heterocycles. The number of allylic oxidation sites excluding steroid dienone is 3. The molecule has 0 nitrogen and oxygen atoms in total. The van der Waals surface area contributed by atoms with Crippen LogP contribution in [-0.2, 0) is 0 Å². The molecular weight excluding hydrogens is 132 g/mol. The largest absolute Gasteiger partial charge is 0.125 e. The molecule has 0 heteroatoms. The molecule has 0 aromatic heterocycles. The van der Waals surface area contributed by atoms with E-state index >= 15 is 0 Å². The van der Waals surface area contributed by atoms with Gasteiger partial charge in [0.15, 0.2) is 0 Å². The van der Waals surface area contributed by atoms with Crippen molar-refractivity contribution in [2.75, 3.05) is 0 Å².